The Balaban J connectivity index is 1.47. The first kappa shape index (κ1) is 21.7. The van der Waals surface area contributed by atoms with Crippen molar-refractivity contribution in [1.82, 2.24) is 0 Å². The van der Waals surface area contributed by atoms with Crippen molar-refractivity contribution >= 4 is 15.9 Å². The lowest BCUT2D eigenvalue weighted by atomic mass is 9.72. The van der Waals surface area contributed by atoms with E-state index in [0.717, 1.165) is 10.2 Å². The van der Waals surface area contributed by atoms with Gasteiger partial charge in [-0.25, -0.2) is 0 Å². The largest absolute Gasteiger partial charge is 0.489 e. The van der Waals surface area contributed by atoms with Gasteiger partial charge in [0.15, 0.2) is 0 Å². The first-order valence-corrected chi connectivity index (χ1v) is 12.7. The van der Waals surface area contributed by atoms with Gasteiger partial charge in [0, 0.05) is 10.4 Å². The van der Waals surface area contributed by atoms with Crippen LogP contribution in [-0.2, 0) is 11.3 Å². The minimum absolute atomic E-state index is 0.0731. The lowest BCUT2D eigenvalue weighted by molar-refractivity contribution is -0.0651. The number of fused-ring (bicyclic) bond motifs is 1. The standard InChI is InChI=1S/C29H31BrO2/c1-20-27-18-25(31-19-21-8-4-2-5-9-21)16-17-26(27)28(22-12-14-24(30)15-13-22)29(32-20)23-10-6-3-7-11-23/h2,4-5,8-9,12-18,20,23,28-29H,3,6-7,10-11,19H2,1H3. The highest BCUT2D eigenvalue weighted by Crippen LogP contribution is 2.47. The summed E-state index contributed by atoms with van der Waals surface area (Å²) in [5.41, 5.74) is 5.18. The Morgan fingerprint density at radius 3 is 2.38 bits per heavy atom. The molecule has 1 heterocycles. The SMILES string of the molecule is CC1OC(C2CCCCC2)C(c2ccc(Br)cc2)c2ccc(OCc3ccccc3)cc21. The predicted octanol–water partition coefficient (Wildman–Crippen LogP) is 8.20. The van der Waals surface area contributed by atoms with Crippen LogP contribution in [0.1, 0.15) is 73.3 Å². The number of hydrogen-bond donors (Lipinski definition) is 0. The van der Waals surface area contributed by atoms with Gasteiger partial charge >= 0.3 is 0 Å². The minimum atomic E-state index is 0.0731. The number of benzene rings is 3. The molecule has 3 heteroatoms. The van der Waals surface area contributed by atoms with E-state index in [0.29, 0.717) is 12.5 Å². The van der Waals surface area contributed by atoms with E-state index in [2.05, 4.69) is 89.6 Å². The molecule has 2 nitrogen and oxygen atoms in total. The molecular weight excluding hydrogens is 460 g/mol. The molecule has 0 aromatic heterocycles. The summed E-state index contributed by atoms with van der Waals surface area (Å²) < 4.78 is 14.1. The zero-order valence-electron chi connectivity index (χ0n) is 18.7. The predicted molar refractivity (Wildman–Crippen MR) is 133 cm³/mol. The van der Waals surface area contributed by atoms with Crippen molar-refractivity contribution in [2.24, 2.45) is 5.92 Å². The molecule has 1 aliphatic carbocycles. The van der Waals surface area contributed by atoms with Crippen LogP contribution in [0, 0.1) is 5.92 Å². The van der Waals surface area contributed by atoms with Crippen LogP contribution in [0.2, 0.25) is 0 Å². The van der Waals surface area contributed by atoms with Gasteiger partial charge in [0.25, 0.3) is 0 Å². The summed E-state index contributed by atoms with van der Waals surface area (Å²) in [7, 11) is 0. The van der Waals surface area contributed by atoms with E-state index in [9.17, 15) is 0 Å². The maximum atomic E-state index is 6.80. The van der Waals surface area contributed by atoms with Crippen LogP contribution in [0.4, 0.5) is 0 Å². The smallest absolute Gasteiger partial charge is 0.120 e. The van der Waals surface area contributed by atoms with Crippen molar-refractivity contribution < 1.29 is 9.47 Å². The summed E-state index contributed by atoms with van der Waals surface area (Å²) in [5.74, 6) is 1.80. The van der Waals surface area contributed by atoms with Gasteiger partial charge in [0.05, 0.1) is 12.2 Å². The van der Waals surface area contributed by atoms with Crippen LogP contribution in [0.5, 0.6) is 5.75 Å². The van der Waals surface area contributed by atoms with E-state index in [-0.39, 0.29) is 18.1 Å². The first-order valence-electron chi connectivity index (χ1n) is 11.9. The summed E-state index contributed by atoms with van der Waals surface area (Å²) in [6.07, 6.45) is 6.87. The van der Waals surface area contributed by atoms with Gasteiger partial charge in [-0.2, -0.15) is 0 Å². The molecule has 1 fully saturated rings. The number of ether oxygens (including phenoxy) is 2. The van der Waals surface area contributed by atoms with Gasteiger partial charge in [-0.3, -0.25) is 0 Å². The lowest BCUT2D eigenvalue weighted by Gasteiger charge is -2.43. The highest BCUT2D eigenvalue weighted by atomic mass is 79.9. The van der Waals surface area contributed by atoms with Gasteiger partial charge in [-0.15, -0.1) is 0 Å². The summed E-state index contributed by atoms with van der Waals surface area (Å²) >= 11 is 3.60. The van der Waals surface area contributed by atoms with Crippen LogP contribution in [0.15, 0.2) is 77.3 Å². The van der Waals surface area contributed by atoms with Crippen LogP contribution < -0.4 is 4.74 Å². The normalized spacial score (nSPS) is 23.5. The topological polar surface area (TPSA) is 18.5 Å². The second-order valence-corrected chi connectivity index (χ2v) is 10.2. The van der Waals surface area contributed by atoms with Gasteiger partial charge in [0.1, 0.15) is 12.4 Å². The van der Waals surface area contributed by atoms with Crippen molar-refractivity contribution in [1.29, 1.82) is 0 Å². The number of halogens is 1. The molecule has 0 saturated heterocycles. The van der Waals surface area contributed by atoms with E-state index in [1.54, 1.807) is 0 Å². The van der Waals surface area contributed by atoms with Crippen molar-refractivity contribution in [3.63, 3.8) is 0 Å². The third-order valence-electron chi connectivity index (χ3n) is 7.11. The first-order chi connectivity index (χ1) is 15.7. The maximum Gasteiger partial charge on any atom is 0.120 e. The Morgan fingerprint density at radius 2 is 1.62 bits per heavy atom. The molecule has 0 bridgehead atoms. The molecule has 3 aromatic carbocycles. The molecular formula is C29H31BrO2. The third-order valence-corrected chi connectivity index (χ3v) is 7.64. The second kappa shape index (κ2) is 9.80. The molecule has 1 aliphatic heterocycles. The zero-order valence-corrected chi connectivity index (χ0v) is 20.3. The molecule has 0 spiro atoms. The van der Waals surface area contributed by atoms with E-state index in [1.807, 2.05) is 6.07 Å². The van der Waals surface area contributed by atoms with Crippen molar-refractivity contribution in [3.8, 4) is 5.75 Å². The van der Waals surface area contributed by atoms with Crippen molar-refractivity contribution in [3.05, 3.63) is 99.5 Å². The fourth-order valence-corrected chi connectivity index (χ4v) is 5.73. The van der Waals surface area contributed by atoms with E-state index in [4.69, 9.17) is 9.47 Å². The van der Waals surface area contributed by atoms with Crippen molar-refractivity contribution in [2.45, 2.75) is 63.8 Å². The molecule has 1 saturated carbocycles. The highest BCUT2D eigenvalue weighted by Gasteiger charge is 2.40. The van der Waals surface area contributed by atoms with E-state index < -0.39 is 0 Å². The Labute approximate surface area is 200 Å². The molecule has 166 valence electrons. The fourth-order valence-electron chi connectivity index (χ4n) is 5.47. The molecule has 0 amide bonds. The Bertz CT molecular complexity index is 1020. The quantitative estimate of drug-likeness (QED) is 0.358. The molecule has 3 atom stereocenters. The van der Waals surface area contributed by atoms with Gasteiger partial charge in [-0.1, -0.05) is 83.7 Å². The average molecular weight is 491 g/mol. The van der Waals surface area contributed by atoms with Crippen LogP contribution in [0.3, 0.4) is 0 Å². The van der Waals surface area contributed by atoms with E-state index in [1.165, 1.54) is 54.4 Å². The monoisotopic (exact) mass is 490 g/mol. The summed E-state index contributed by atoms with van der Waals surface area (Å²) in [6, 6.07) is 25.8. The minimum Gasteiger partial charge on any atom is -0.489 e. The fraction of sp³-hybridized carbons (Fsp3) is 0.379. The summed E-state index contributed by atoms with van der Waals surface area (Å²) in [6.45, 7) is 2.78. The molecule has 0 N–H and O–H groups in total. The zero-order chi connectivity index (χ0) is 21.9. The maximum absolute atomic E-state index is 6.80. The Morgan fingerprint density at radius 1 is 0.875 bits per heavy atom. The van der Waals surface area contributed by atoms with Crippen LogP contribution in [-0.4, -0.2) is 6.10 Å². The Hall–Kier alpha value is -2.10. The summed E-state index contributed by atoms with van der Waals surface area (Å²) in [4.78, 5) is 0. The number of hydrogen-bond acceptors (Lipinski definition) is 2. The van der Waals surface area contributed by atoms with Crippen LogP contribution >= 0.6 is 15.9 Å². The van der Waals surface area contributed by atoms with Gasteiger partial charge in [-0.05, 0) is 72.2 Å². The molecule has 3 unspecified atom stereocenters. The van der Waals surface area contributed by atoms with Crippen LogP contribution in [0.25, 0.3) is 0 Å². The average Bonchev–Trinajstić information content (AvgIpc) is 2.85. The highest BCUT2D eigenvalue weighted by molar-refractivity contribution is 9.10. The number of rotatable bonds is 5. The third kappa shape index (κ3) is 4.65. The molecule has 2 aliphatic rings. The van der Waals surface area contributed by atoms with Gasteiger partial charge < -0.3 is 9.47 Å². The Kier molecular flexibility index (Phi) is 6.66. The molecule has 3 aromatic rings. The second-order valence-electron chi connectivity index (χ2n) is 9.24. The molecule has 0 radical (unpaired) electrons. The van der Waals surface area contributed by atoms with Crippen molar-refractivity contribution in [2.75, 3.05) is 0 Å². The van der Waals surface area contributed by atoms with Gasteiger partial charge in [0.2, 0.25) is 0 Å². The van der Waals surface area contributed by atoms with E-state index >= 15 is 0 Å². The molecule has 32 heavy (non-hydrogen) atoms. The molecule has 5 rings (SSSR count). The lowest BCUT2D eigenvalue weighted by Crippen LogP contribution is -2.37. The summed E-state index contributed by atoms with van der Waals surface area (Å²) in [5, 5.41) is 0.